The third kappa shape index (κ3) is 1.87. The van der Waals surface area contributed by atoms with Gasteiger partial charge in [-0.05, 0) is 12.8 Å². The molecule has 1 saturated heterocycles. The molecule has 1 atom stereocenters. The maximum Gasteiger partial charge on any atom is 0.122 e. The quantitative estimate of drug-likeness (QED) is 0.760. The van der Waals surface area contributed by atoms with Gasteiger partial charge in [0.2, 0.25) is 0 Å². The molecule has 3 nitrogen and oxygen atoms in total. The van der Waals surface area contributed by atoms with E-state index in [1.54, 1.807) is 6.20 Å². The Morgan fingerprint density at radius 3 is 3.15 bits per heavy atom. The standard InChI is InChI=1S/C8H10N2OS2/c9-7(12)6-4-10-8(13-6)5-2-1-3-11-5/h4-5H,1-3H2,(H2,9,12). The summed E-state index contributed by atoms with van der Waals surface area (Å²) < 4.78 is 5.50. The zero-order chi connectivity index (χ0) is 9.26. The van der Waals surface area contributed by atoms with Crippen molar-refractivity contribution in [1.29, 1.82) is 0 Å². The van der Waals surface area contributed by atoms with Crippen LogP contribution in [-0.4, -0.2) is 16.6 Å². The van der Waals surface area contributed by atoms with Gasteiger partial charge in [0.25, 0.3) is 0 Å². The van der Waals surface area contributed by atoms with Crippen LogP contribution in [0, 0.1) is 0 Å². The maximum atomic E-state index is 5.50. The number of nitrogens with two attached hydrogens (primary N) is 1. The van der Waals surface area contributed by atoms with Crippen molar-refractivity contribution in [2.24, 2.45) is 5.73 Å². The van der Waals surface area contributed by atoms with Crippen molar-refractivity contribution < 1.29 is 4.74 Å². The van der Waals surface area contributed by atoms with Gasteiger partial charge in [-0.1, -0.05) is 12.2 Å². The van der Waals surface area contributed by atoms with Gasteiger partial charge in [-0.2, -0.15) is 0 Å². The van der Waals surface area contributed by atoms with Gasteiger partial charge >= 0.3 is 0 Å². The van der Waals surface area contributed by atoms with E-state index in [9.17, 15) is 0 Å². The van der Waals surface area contributed by atoms with Crippen LogP contribution in [0.2, 0.25) is 0 Å². The number of ether oxygens (including phenoxy) is 1. The average Bonchev–Trinajstić information content (AvgIpc) is 2.75. The minimum Gasteiger partial charge on any atom is -0.389 e. The molecule has 1 aliphatic rings. The number of aromatic nitrogens is 1. The van der Waals surface area contributed by atoms with Gasteiger partial charge in [-0.15, -0.1) is 11.3 Å². The Balaban J connectivity index is 2.16. The predicted octanol–water partition coefficient (Wildman–Crippen LogP) is 1.63. The summed E-state index contributed by atoms with van der Waals surface area (Å²) in [4.78, 5) is 5.54. The molecule has 5 heteroatoms. The van der Waals surface area contributed by atoms with E-state index < -0.39 is 0 Å². The lowest BCUT2D eigenvalue weighted by molar-refractivity contribution is 0.111. The number of hydrogen-bond donors (Lipinski definition) is 1. The zero-order valence-corrected chi connectivity index (χ0v) is 8.66. The summed E-state index contributed by atoms with van der Waals surface area (Å²) in [6.07, 6.45) is 4.08. The lowest BCUT2D eigenvalue weighted by atomic mass is 10.2. The Hall–Kier alpha value is -0.520. The summed E-state index contributed by atoms with van der Waals surface area (Å²) in [5.41, 5.74) is 5.49. The van der Waals surface area contributed by atoms with E-state index in [2.05, 4.69) is 4.98 Å². The van der Waals surface area contributed by atoms with Gasteiger partial charge in [-0.25, -0.2) is 4.98 Å². The number of thiocarbonyl (C=S) groups is 1. The van der Waals surface area contributed by atoms with E-state index >= 15 is 0 Å². The molecular weight excluding hydrogens is 204 g/mol. The Bertz CT molecular complexity index is 318. The van der Waals surface area contributed by atoms with Crippen molar-refractivity contribution in [3.05, 3.63) is 16.1 Å². The van der Waals surface area contributed by atoms with Gasteiger partial charge in [0.05, 0.1) is 4.88 Å². The molecule has 2 N–H and O–H groups in total. The minimum atomic E-state index is 0.174. The molecule has 1 fully saturated rings. The van der Waals surface area contributed by atoms with Crippen molar-refractivity contribution in [2.75, 3.05) is 6.61 Å². The normalized spacial score (nSPS) is 22.0. The smallest absolute Gasteiger partial charge is 0.122 e. The van der Waals surface area contributed by atoms with Crippen LogP contribution < -0.4 is 5.73 Å². The number of nitrogens with zero attached hydrogens (tertiary/aromatic N) is 1. The molecule has 0 amide bonds. The second-order valence-corrected chi connectivity index (χ2v) is 4.43. The number of thiazole rings is 1. The molecule has 13 heavy (non-hydrogen) atoms. The Morgan fingerprint density at radius 2 is 2.62 bits per heavy atom. The fourth-order valence-electron chi connectivity index (χ4n) is 1.32. The first kappa shape index (κ1) is 9.05. The van der Waals surface area contributed by atoms with E-state index in [1.165, 1.54) is 11.3 Å². The number of rotatable bonds is 2. The van der Waals surface area contributed by atoms with E-state index in [0.29, 0.717) is 4.99 Å². The van der Waals surface area contributed by atoms with Crippen molar-refractivity contribution >= 4 is 28.5 Å². The molecule has 0 aliphatic carbocycles. The van der Waals surface area contributed by atoms with Crippen molar-refractivity contribution in [1.82, 2.24) is 4.98 Å². The highest BCUT2D eigenvalue weighted by Gasteiger charge is 2.21. The van der Waals surface area contributed by atoms with Gasteiger partial charge in [0, 0.05) is 12.8 Å². The van der Waals surface area contributed by atoms with E-state index in [4.69, 9.17) is 22.7 Å². The SMILES string of the molecule is NC(=S)c1cnc(C2CCCO2)s1. The average molecular weight is 214 g/mol. The van der Waals surface area contributed by atoms with E-state index in [1.807, 2.05) is 0 Å². The van der Waals surface area contributed by atoms with Crippen LogP contribution in [0.1, 0.15) is 28.8 Å². The second-order valence-electron chi connectivity index (χ2n) is 2.93. The molecule has 1 aromatic rings. The van der Waals surface area contributed by atoms with Crippen molar-refractivity contribution in [3.63, 3.8) is 0 Å². The van der Waals surface area contributed by atoms with Crippen LogP contribution in [0.4, 0.5) is 0 Å². The van der Waals surface area contributed by atoms with E-state index in [-0.39, 0.29) is 6.10 Å². The Morgan fingerprint density at radius 1 is 1.77 bits per heavy atom. The predicted molar refractivity (Wildman–Crippen MR) is 55.9 cm³/mol. The van der Waals surface area contributed by atoms with Crippen molar-refractivity contribution in [2.45, 2.75) is 18.9 Å². The Labute approximate surface area is 85.9 Å². The third-order valence-corrected chi connectivity index (χ3v) is 3.44. The van der Waals surface area contributed by atoms with Gasteiger partial charge in [0.1, 0.15) is 16.1 Å². The molecule has 2 heterocycles. The molecule has 1 unspecified atom stereocenters. The Kier molecular flexibility index (Phi) is 2.57. The maximum absolute atomic E-state index is 5.50. The summed E-state index contributed by atoms with van der Waals surface area (Å²) in [6, 6.07) is 0. The molecule has 2 rings (SSSR count). The second kappa shape index (κ2) is 3.69. The largest absolute Gasteiger partial charge is 0.389 e. The molecule has 70 valence electrons. The van der Waals surface area contributed by atoms with Gasteiger partial charge in [-0.3, -0.25) is 0 Å². The monoisotopic (exact) mass is 214 g/mol. The summed E-state index contributed by atoms with van der Waals surface area (Å²) in [5.74, 6) is 0. The molecule has 0 saturated carbocycles. The summed E-state index contributed by atoms with van der Waals surface area (Å²) in [5, 5.41) is 1.00. The van der Waals surface area contributed by atoms with Crippen LogP contribution in [0.25, 0.3) is 0 Å². The van der Waals surface area contributed by atoms with Crippen LogP contribution >= 0.6 is 23.6 Å². The van der Waals surface area contributed by atoms with Crippen molar-refractivity contribution in [3.8, 4) is 0 Å². The fourth-order valence-corrected chi connectivity index (χ4v) is 2.35. The van der Waals surface area contributed by atoms with E-state index in [0.717, 1.165) is 29.3 Å². The van der Waals surface area contributed by atoms with Crippen LogP contribution in [0.5, 0.6) is 0 Å². The topological polar surface area (TPSA) is 48.1 Å². The van der Waals surface area contributed by atoms with Crippen LogP contribution in [-0.2, 0) is 4.74 Å². The summed E-state index contributed by atoms with van der Waals surface area (Å²) in [7, 11) is 0. The van der Waals surface area contributed by atoms with Crippen LogP contribution in [0.3, 0.4) is 0 Å². The van der Waals surface area contributed by atoms with Gasteiger partial charge in [0.15, 0.2) is 0 Å². The number of hydrogen-bond acceptors (Lipinski definition) is 4. The molecule has 1 aliphatic heterocycles. The third-order valence-electron chi connectivity index (χ3n) is 1.97. The lowest BCUT2D eigenvalue weighted by Gasteiger charge is -2.02. The first-order valence-corrected chi connectivity index (χ1v) is 5.37. The highest BCUT2D eigenvalue weighted by molar-refractivity contribution is 7.81. The summed E-state index contributed by atoms with van der Waals surface area (Å²) >= 11 is 6.39. The van der Waals surface area contributed by atoms with Gasteiger partial charge < -0.3 is 10.5 Å². The molecule has 1 aromatic heterocycles. The molecule has 0 radical (unpaired) electrons. The highest BCUT2D eigenvalue weighted by Crippen LogP contribution is 2.31. The lowest BCUT2D eigenvalue weighted by Crippen LogP contribution is -2.06. The first-order valence-electron chi connectivity index (χ1n) is 4.14. The molecular formula is C8H10N2OS2. The molecule has 0 aromatic carbocycles. The fraction of sp³-hybridized carbons (Fsp3) is 0.500. The zero-order valence-electron chi connectivity index (χ0n) is 7.03. The first-order chi connectivity index (χ1) is 6.27. The summed E-state index contributed by atoms with van der Waals surface area (Å²) in [6.45, 7) is 0.840. The molecule has 0 spiro atoms. The highest BCUT2D eigenvalue weighted by atomic mass is 32.1. The van der Waals surface area contributed by atoms with Crippen LogP contribution in [0.15, 0.2) is 6.20 Å². The molecule has 0 bridgehead atoms. The minimum absolute atomic E-state index is 0.174.